The van der Waals surface area contributed by atoms with E-state index in [1.807, 2.05) is 11.3 Å². The molecule has 90 valence electrons. The molecule has 1 aromatic heterocycles. The van der Waals surface area contributed by atoms with Crippen molar-refractivity contribution in [3.63, 3.8) is 0 Å². The largest absolute Gasteiger partial charge is 0.309 e. The Balaban J connectivity index is 2.17. The maximum atomic E-state index is 4.76. The molecule has 1 atom stereocenters. The third kappa shape index (κ3) is 2.62. The normalized spacial score (nSPS) is 20.1. The molecule has 2 rings (SSSR count). The van der Waals surface area contributed by atoms with Crippen molar-refractivity contribution >= 4 is 11.3 Å². The fourth-order valence-corrected chi connectivity index (χ4v) is 3.59. The molecule has 0 aromatic carbocycles. The zero-order valence-corrected chi connectivity index (χ0v) is 11.2. The Morgan fingerprint density at radius 1 is 1.50 bits per heavy atom. The molecule has 0 saturated heterocycles. The van der Waals surface area contributed by atoms with Crippen LogP contribution < -0.4 is 5.32 Å². The van der Waals surface area contributed by atoms with Gasteiger partial charge in [-0.15, -0.1) is 11.3 Å². The Labute approximate surface area is 102 Å². The van der Waals surface area contributed by atoms with Gasteiger partial charge in [-0.3, -0.25) is 0 Å². The van der Waals surface area contributed by atoms with Crippen LogP contribution in [0.2, 0.25) is 0 Å². The SMILES string of the molecule is CCNC1CCCc2nc(CN(C)C)sc21. The molecule has 1 heterocycles. The maximum Gasteiger partial charge on any atom is 0.107 e. The van der Waals surface area contributed by atoms with E-state index in [0.29, 0.717) is 6.04 Å². The number of hydrogen-bond donors (Lipinski definition) is 1. The Kier molecular flexibility index (Phi) is 3.95. The third-order valence-electron chi connectivity index (χ3n) is 2.90. The Bertz CT molecular complexity index is 346. The Morgan fingerprint density at radius 3 is 3.00 bits per heavy atom. The highest BCUT2D eigenvalue weighted by Crippen LogP contribution is 2.34. The molecule has 1 aromatic rings. The van der Waals surface area contributed by atoms with Gasteiger partial charge in [0.25, 0.3) is 0 Å². The van der Waals surface area contributed by atoms with Crippen molar-refractivity contribution in [1.29, 1.82) is 0 Å². The molecular formula is C12H21N3S. The van der Waals surface area contributed by atoms with Crippen molar-refractivity contribution in [1.82, 2.24) is 15.2 Å². The first-order chi connectivity index (χ1) is 7.70. The summed E-state index contributed by atoms with van der Waals surface area (Å²) in [5.41, 5.74) is 1.35. The van der Waals surface area contributed by atoms with Crippen molar-refractivity contribution in [3.05, 3.63) is 15.6 Å². The van der Waals surface area contributed by atoms with Crippen LogP contribution in [0.3, 0.4) is 0 Å². The first-order valence-corrected chi connectivity index (χ1v) is 6.89. The Hall–Kier alpha value is -0.450. The minimum absolute atomic E-state index is 0.558. The monoisotopic (exact) mass is 239 g/mol. The van der Waals surface area contributed by atoms with Crippen LogP contribution in [-0.4, -0.2) is 30.5 Å². The van der Waals surface area contributed by atoms with Gasteiger partial charge in [0.2, 0.25) is 0 Å². The van der Waals surface area contributed by atoms with Gasteiger partial charge in [-0.25, -0.2) is 4.98 Å². The zero-order valence-electron chi connectivity index (χ0n) is 10.4. The van der Waals surface area contributed by atoms with Crippen LogP contribution in [0, 0.1) is 0 Å². The summed E-state index contributed by atoms with van der Waals surface area (Å²) in [4.78, 5) is 8.44. The molecule has 4 heteroatoms. The van der Waals surface area contributed by atoms with Gasteiger partial charge in [-0.05, 0) is 39.9 Å². The van der Waals surface area contributed by atoms with Crippen LogP contribution >= 0.6 is 11.3 Å². The molecule has 0 spiro atoms. The molecule has 1 N–H and O–H groups in total. The fraction of sp³-hybridized carbons (Fsp3) is 0.750. The van der Waals surface area contributed by atoms with Gasteiger partial charge in [0, 0.05) is 17.5 Å². The van der Waals surface area contributed by atoms with Gasteiger partial charge >= 0.3 is 0 Å². The summed E-state index contributed by atoms with van der Waals surface area (Å²) >= 11 is 1.90. The summed E-state index contributed by atoms with van der Waals surface area (Å²) in [5.74, 6) is 0. The second-order valence-corrected chi connectivity index (χ2v) is 5.77. The maximum absolute atomic E-state index is 4.76. The van der Waals surface area contributed by atoms with Gasteiger partial charge in [0.05, 0.1) is 5.69 Å². The lowest BCUT2D eigenvalue weighted by Crippen LogP contribution is -2.23. The topological polar surface area (TPSA) is 28.2 Å². The highest BCUT2D eigenvalue weighted by Gasteiger charge is 2.23. The number of fused-ring (bicyclic) bond motifs is 1. The first-order valence-electron chi connectivity index (χ1n) is 6.07. The molecule has 0 saturated carbocycles. The van der Waals surface area contributed by atoms with Crippen LogP contribution in [0.25, 0.3) is 0 Å². The van der Waals surface area contributed by atoms with Crippen molar-refractivity contribution in [3.8, 4) is 0 Å². The van der Waals surface area contributed by atoms with E-state index in [2.05, 4.69) is 31.2 Å². The molecule has 0 amide bonds. The molecule has 16 heavy (non-hydrogen) atoms. The van der Waals surface area contributed by atoms with E-state index < -0.39 is 0 Å². The average molecular weight is 239 g/mol. The van der Waals surface area contributed by atoms with E-state index in [9.17, 15) is 0 Å². The number of nitrogens with one attached hydrogen (secondary N) is 1. The van der Waals surface area contributed by atoms with Crippen molar-refractivity contribution in [2.75, 3.05) is 20.6 Å². The van der Waals surface area contributed by atoms with Gasteiger partial charge < -0.3 is 10.2 Å². The molecular weight excluding hydrogens is 218 g/mol. The lowest BCUT2D eigenvalue weighted by Gasteiger charge is -2.21. The number of aromatic nitrogens is 1. The highest BCUT2D eigenvalue weighted by molar-refractivity contribution is 7.11. The zero-order chi connectivity index (χ0) is 11.5. The molecule has 0 fully saturated rings. The fourth-order valence-electron chi connectivity index (χ4n) is 2.25. The second-order valence-electron chi connectivity index (χ2n) is 4.66. The van der Waals surface area contributed by atoms with Crippen LogP contribution in [0.4, 0.5) is 0 Å². The number of aryl methyl sites for hydroxylation is 1. The molecule has 0 bridgehead atoms. The number of hydrogen-bond acceptors (Lipinski definition) is 4. The number of rotatable bonds is 4. The predicted octanol–water partition coefficient (Wildman–Crippen LogP) is 2.19. The summed E-state index contributed by atoms with van der Waals surface area (Å²) < 4.78 is 0. The van der Waals surface area contributed by atoms with Gasteiger partial charge in [-0.2, -0.15) is 0 Å². The van der Waals surface area contributed by atoms with Crippen LogP contribution in [0.5, 0.6) is 0 Å². The standard InChI is InChI=1S/C12H21N3S/c1-4-13-9-6-5-7-10-12(9)16-11(14-10)8-15(2)3/h9,13H,4-8H2,1-3H3. The van der Waals surface area contributed by atoms with E-state index in [-0.39, 0.29) is 0 Å². The molecule has 3 nitrogen and oxygen atoms in total. The second kappa shape index (κ2) is 5.25. The summed E-state index contributed by atoms with van der Waals surface area (Å²) in [5, 5.41) is 4.83. The average Bonchev–Trinajstić information content (AvgIpc) is 2.60. The van der Waals surface area contributed by atoms with E-state index >= 15 is 0 Å². The van der Waals surface area contributed by atoms with E-state index in [1.54, 1.807) is 0 Å². The van der Waals surface area contributed by atoms with Crippen molar-refractivity contribution in [2.24, 2.45) is 0 Å². The molecule has 1 aliphatic carbocycles. The van der Waals surface area contributed by atoms with E-state index in [0.717, 1.165) is 13.1 Å². The number of nitrogens with zero attached hydrogens (tertiary/aromatic N) is 2. The minimum atomic E-state index is 0.558. The minimum Gasteiger partial charge on any atom is -0.309 e. The Morgan fingerprint density at radius 2 is 2.31 bits per heavy atom. The smallest absolute Gasteiger partial charge is 0.107 e. The molecule has 1 unspecified atom stereocenters. The van der Waals surface area contributed by atoms with Crippen LogP contribution in [-0.2, 0) is 13.0 Å². The van der Waals surface area contributed by atoms with Crippen LogP contribution in [0.1, 0.15) is 41.4 Å². The molecule has 0 radical (unpaired) electrons. The van der Waals surface area contributed by atoms with Gasteiger partial charge in [-0.1, -0.05) is 6.92 Å². The summed E-state index contributed by atoms with van der Waals surface area (Å²) in [6.07, 6.45) is 3.71. The number of thiazole rings is 1. The summed E-state index contributed by atoms with van der Waals surface area (Å²) in [6.45, 7) is 4.19. The van der Waals surface area contributed by atoms with E-state index in [4.69, 9.17) is 4.98 Å². The first kappa shape index (κ1) is 12.0. The van der Waals surface area contributed by atoms with Crippen molar-refractivity contribution in [2.45, 2.75) is 38.8 Å². The summed E-state index contributed by atoms with van der Waals surface area (Å²) in [7, 11) is 4.20. The molecule has 0 aliphatic heterocycles. The summed E-state index contributed by atoms with van der Waals surface area (Å²) in [6, 6.07) is 0.558. The lowest BCUT2D eigenvalue weighted by molar-refractivity contribution is 0.401. The van der Waals surface area contributed by atoms with Crippen molar-refractivity contribution < 1.29 is 0 Å². The lowest BCUT2D eigenvalue weighted by atomic mass is 9.98. The predicted molar refractivity (Wildman–Crippen MR) is 68.9 cm³/mol. The molecule has 1 aliphatic rings. The quantitative estimate of drug-likeness (QED) is 0.873. The highest BCUT2D eigenvalue weighted by atomic mass is 32.1. The third-order valence-corrected chi connectivity index (χ3v) is 4.09. The van der Waals surface area contributed by atoms with Crippen LogP contribution in [0.15, 0.2) is 0 Å². The van der Waals surface area contributed by atoms with E-state index in [1.165, 1.54) is 34.8 Å². The van der Waals surface area contributed by atoms with Gasteiger partial charge in [0.15, 0.2) is 0 Å². The van der Waals surface area contributed by atoms with Gasteiger partial charge in [0.1, 0.15) is 5.01 Å².